The molecule has 21 heavy (non-hydrogen) atoms. The molecule has 0 aromatic carbocycles. The van der Waals surface area contributed by atoms with E-state index < -0.39 is 22.8 Å². The first-order valence-corrected chi connectivity index (χ1v) is 6.36. The normalized spacial score (nSPS) is 10.3. The number of pyridine rings is 1. The second-order valence-electron chi connectivity index (χ2n) is 4.09. The van der Waals surface area contributed by atoms with Gasteiger partial charge in [-0.15, -0.1) is 0 Å². The summed E-state index contributed by atoms with van der Waals surface area (Å²) in [5.74, 6) is -2.92. The Morgan fingerprint density at radius 1 is 1.29 bits per heavy atom. The van der Waals surface area contributed by atoms with Gasteiger partial charge in [0.25, 0.3) is 5.69 Å². The molecule has 0 spiro atoms. The summed E-state index contributed by atoms with van der Waals surface area (Å²) in [5, 5.41) is 10.7. The summed E-state index contributed by atoms with van der Waals surface area (Å²) in [6.45, 7) is 4.94. The zero-order valence-electron chi connectivity index (χ0n) is 12.0. The van der Waals surface area contributed by atoms with Crippen LogP contribution in [-0.4, -0.2) is 35.1 Å². The number of hydrogen-bond acceptors (Lipinski definition) is 7. The van der Waals surface area contributed by atoms with Gasteiger partial charge in [-0.1, -0.05) is 0 Å². The minimum Gasteiger partial charge on any atom is -0.465 e. The Balaban J connectivity index is 3.22. The number of esters is 2. The summed E-state index contributed by atoms with van der Waals surface area (Å²) in [4.78, 5) is 37.8. The summed E-state index contributed by atoms with van der Waals surface area (Å²) in [6, 6.07) is 1.24. The Hall–Kier alpha value is -2.51. The highest BCUT2D eigenvalue weighted by molar-refractivity contribution is 6.00. The number of nitro groups is 1. The molecule has 8 heteroatoms. The maximum Gasteiger partial charge on any atom is 0.326 e. The molecule has 0 fully saturated rings. The van der Waals surface area contributed by atoms with Crippen molar-refractivity contribution in [1.29, 1.82) is 0 Å². The van der Waals surface area contributed by atoms with Crippen molar-refractivity contribution in [3.63, 3.8) is 0 Å². The van der Waals surface area contributed by atoms with E-state index in [1.807, 2.05) is 0 Å². The van der Waals surface area contributed by atoms with Crippen LogP contribution in [0.3, 0.4) is 0 Å². The largest absolute Gasteiger partial charge is 0.465 e. The van der Waals surface area contributed by atoms with Gasteiger partial charge in [0.15, 0.2) is 5.92 Å². The van der Waals surface area contributed by atoms with E-state index in [4.69, 9.17) is 9.47 Å². The van der Waals surface area contributed by atoms with Crippen LogP contribution < -0.4 is 0 Å². The summed E-state index contributed by atoms with van der Waals surface area (Å²) in [5.41, 5.74) is 0.218. The number of carbonyl (C=O) groups excluding carboxylic acids is 2. The van der Waals surface area contributed by atoms with E-state index in [9.17, 15) is 19.7 Å². The van der Waals surface area contributed by atoms with Crippen molar-refractivity contribution in [3.05, 3.63) is 33.6 Å². The summed E-state index contributed by atoms with van der Waals surface area (Å²) in [7, 11) is 0. The minimum absolute atomic E-state index is 0.0949. The van der Waals surface area contributed by atoms with Gasteiger partial charge in [-0.3, -0.25) is 24.7 Å². The number of rotatable bonds is 6. The first-order valence-electron chi connectivity index (χ1n) is 6.36. The Morgan fingerprint density at radius 3 is 2.19 bits per heavy atom. The fraction of sp³-hybridized carbons (Fsp3) is 0.462. The topological polar surface area (TPSA) is 109 Å². The van der Waals surface area contributed by atoms with E-state index in [1.165, 1.54) is 13.0 Å². The molecule has 1 aromatic rings. The molecule has 0 aliphatic rings. The average molecular weight is 296 g/mol. The fourth-order valence-electron chi connectivity index (χ4n) is 1.74. The summed E-state index contributed by atoms with van der Waals surface area (Å²) in [6.07, 6.45) is 0.994. The lowest BCUT2D eigenvalue weighted by molar-refractivity contribution is -0.385. The predicted molar refractivity (Wildman–Crippen MR) is 71.6 cm³/mol. The van der Waals surface area contributed by atoms with Crippen LogP contribution in [0.5, 0.6) is 0 Å². The highest BCUT2D eigenvalue weighted by Crippen LogP contribution is 2.24. The molecule has 114 valence electrons. The Bertz CT molecular complexity index is 540. The van der Waals surface area contributed by atoms with E-state index in [2.05, 4.69) is 4.98 Å². The second-order valence-corrected chi connectivity index (χ2v) is 4.09. The Morgan fingerprint density at radius 2 is 1.81 bits per heavy atom. The molecule has 0 amide bonds. The minimum atomic E-state index is -1.34. The van der Waals surface area contributed by atoms with Gasteiger partial charge in [-0.2, -0.15) is 0 Å². The van der Waals surface area contributed by atoms with Crippen LogP contribution in [0.15, 0.2) is 12.3 Å². The van der Waals surface area contributed by atoms with Gasteiger partial charge < -0.3 is 9.47 Å². The first kappa shape index (κ1) is 16.5. The zero-order valence-corrected chi connectivity index (χ0v) is 12.0. The number of carbonyl (C=O) groups is 2. The SMILES string of the molecule is CCOC(=O)C(C(=O)OCC)c1ncc([N+](=O)[O-])cc1C. The molecule has 1 rings (SSSR count). The number of aryl methyl sites for hydroxylation is 1. The van der Waals surface area contributed by atoms with Gasteiger partial charge in [0.1, 0.15) is 6.20 Å². The quantitative estimate of drug-likeness (QED) is 0.338. The van der Waals surface area contributed by atoms with Gasteiger partial charge in [-0.05, 0) is 26.3 Å². The molecule has 0 saturated heterocycles. The monoisotopic (exact) mass is 296 g/mol. The van der Waals surface area contributed by atoms with Crippen molar-refractivity contribution in [1.82, 2.24) is 4.98 Å². The van der Waals surface area contributed by atoms with Crippen LogP contribution >= 0.6 is 0 Å². The lowest BCUT2D eigenvalue weighted by atomic mass is 10.0. The summed E-state index contributed by atoms with van der Waals surface area (Å²) < 4.78 is 9.69. The van der Waals surface area contributed by atoms with E-state index in [1.54, 1.807) is 13.8 Å². The molecule has 0 N–H and O–H groups in total. The van der Waals surface area contributed by atoms with E-state index in [0.29, 0.717) is 5.56 Å². The van der Waals surface area contributed by atoms with Crippen LogP contribution in [-0.2, 0) is 19.1 Å². The highest BCUT2D eigenvalue weighted by Gasteiger charge is 2.34. The Labute approximate surface area is 121 Å². The molecule has 1 aromatic heterocycles. The third kappa shape index (κ3) is 3.98. The average Bonchev–Trinajstić information content (AvgIpc) is 2.41. The first-order chi connectivity index (χ1) is 9.92. The summed E-state index contributed by atoms with van der Waals surface area (Å²) >= 11 is 0. The van der Waals surface area contributed by atoms with Gasteiger partial charge in [0.2, 0.25) is 0 Å². The zero-order chi connectivity index (χ0) is 16.0. The molecule has 1 heterocycles. The van der Waals surface area contributed by atoms with Crippen LogP contribution in [0.2, 0.25) is 0 Å². The van der Waals surface area contributed by atoms with Crippen molar-refractivity contribution in [3.8, 4) is 0 Å². The number of hydrogen-bond donors (Lipinski definition) is 0. The smallest absolute Gasteiger partial charge is 0.326 e. The van der Waals surface area contributed by atoms with Crippen molar-refractivity contribution in [2.45, 2.75) is 26.7 Å². The third-order valence-electron chi connectivity index (χ3n) is 2.63. The van der Waals surface area contributed by atoms with Crippen molar-refractivity contribution in [2.24, 2.45) is 0 Å². The van der Waals surface area contributed by atoms with Gasteiger partial charge >= 0.3 is 11.9 Å². The molecule has 0 bridgehead atoms. The highest BCUT2D eigenvalue weighted by atomic mass is 16.6. The lowest BCUT2D eigenvalue weighted by Crippen LogP contribution is -2.27. The van der Waals surface area contributed by atoms with E-state index in [-0.39, 0.29) is 24.6 Å². The number of aromatic nitrogens is 1. The molecular weight excluding hydrogens is 280 g/mol. The molecule has 0 atom stereocenters. The van der Waals surface area contributed by atoms with Crippen LogP contribution in [0.4, 0.5) is 5.69 Å². The van der Waals surface area contributed by atoms with Crippen LogP contribution in [0.25, 0.3) is 0 Å². The van der Waals surface area contributed by atoms with Crippen LogP contribution in [0, 0.1) is 17.0 Å². The van der Waals surface area contributed by atoms with Gasteiger partial charge in [0, 0.05) is 6.07 Å². The molecule has 0 saturated carbocycles. The molecule has 0 unspecified atom stereocenters. The maximum absolute atomic E-state index is 11.9. The van der Waals surface area contributed by atoms with Crippen molar-refractivity contribution in [2.75, 3.05) is 13.2 Å². The van der Waals surface area contributed by atoms with Crippen molar-refractivity contribution < 1.29 is 24.0 Å². The standard InChI is InChI=1S/C13H16N2O6/c1-4-20-12(16)10(13(17)21-5-2)11-8(3)6-9(7-14-11)15(18)19/h6-7,10H,4-5H2,1-3H3. The maximum atomic E-state index is 11.9. The number of ether oxygens (including phenoxy) is 2. The van der Waals surface area contributed by atoms with E-state index >= 15 is 0 Å². The van der Waals surface area contributed by atoms with Gasteiger partial charge in [-0.25, -0.2) is 0 Å². The molecular formula is C13H16N2O6. The second kappa shape index (κ2) is 7.32. The molecule has 0 radical (unpaired) electrons. The third-order valence-corrected chi connectivity index (χ3v) is 2.63. The fourth-order valence-corrected chi connectivity index (χ4v) is 1.74. The molecule has 0 aliphatic heterocycles. The van der Waals surface area contributed by atoms with E-state index in [0.717, 1.165) is 6.20 Å². The van der Waals surface area contributed by atoms with Crippen molar-refractivity contribution >= 4 is 17.6 Å². The predicted octanol–water partition coefficient (Wildman–Crippen LogP) is 1.51. The van der Waals surface area contributed by atoms with Crippen LogP contribution in [0.1, 0.15) is 31.0 Å². The molecule has 0 aliphatic carbocycles. The number of nitrogens with zero attached hydrogens (tertiary/aromatic N) is 2. The van der Waals surface area contributed by atoms with Gasteiger partial charge in [0.05, 0.1) is 23.8 Å². The Kier molecular flexibility index (Phi) is 5.77. The molecule has 8 nitrogen and oxygen atoms in total. The lowest BCUT2D eigenvalue weighted by Gasteiger charge is -2.15.